The van der Waals surface area contributed by atoms with Gasteiger partial charge in [-0.1, -0.05) is 24.3 Å². The van der Waals surface area contributed by atoms with Gasteiger partial charge in [0.2, 0.25) is 0 Å². The quantitative estimate of drug-likeness (QED) is 0.492. The maximum Gasteiger partial charge on any atom is 0.254 e. The van der Waals surface area contributed by atoms with Gasteiger partial charge in [-0.3, -0.25) is 9.59 Å². The molecule has 3 aliphatic rings. The highest BCUT2D eigenvalue weighted by Crippen LogP contribution is 2.54. The highest BCUT2D eigenvalue weighted by atomic mass is 16.5. The molecule has 8 nitrogen and oxygen atoms in total. The van der Waals surface area contributed by atoms with Crippen molar-refractivity contribution in [2.45, 2.75) is 0 Å². The molecule has 0 spiro atoms. The molecule has 3 fully saturated rings. The van der Waals surface area contributed by atoms with Crippen LogP contribution >= 0.6 is 0 Å². The maximum atomic E-state index is 13.4. The zero-order valence-electron chi connectivity index (χ0n) is 19.3. The first kappa shape index (κ1) is 20.4. The molecule has 3 heterocycles. The predicted octanol–water partition coefficient (Wildman–Crippen LogP) is 3.70. The fraction of sp³-hybridized carbons (Fsp3) is 0.333. The van der Waals surface area contributed by atoms with Crippen molar-refractivity contribution in [2.75, 3.05) is 33.3 Å². The molecule has 2 amide bonds. The van der Waals surface area contributed by atoms with Crippen molar-refractivity contribution in [3.63, 3.8) is 0 Å². The summed E-state index contributed by atoms with van der Waals surface area (Å²) in [6, 6.07) is 17.3. The lowest BCUT2D eigenvalue weighted by atomic mass is 9.60. The second-order valence-electron chi connectivity index (χ2n) is 10.0. The fourth-order valence-corrected chi connectivity index (χ4v) is 6.61. The number of nitrogens with one attached hydrogen (secondary N) is 1. The van der Waals surface area contributed by atoms with Crippen LogP contribution in [0, 0.1) is 23.7 Å². The molecule has 1 saturated carbocycles. The smallest absolute Gasteiger partial charge is 0.254 e. The van der Waals surface area contributed by atoms with E-state index in [-0.39, 0.29) is 14.7 Å². The summed E-state index contributed by atoms with van der Waals surface area (Å²) in [6.07, 6.45) is 0. The van der Waals surface area contributed by atoms with Crippen molar-refractivity contribution in [1.29, 1.82) is 0 Å². The molecule has 2 saturated heterocycles. The Balaban J connectivity index is 0.00000140. The van der Waals surface area contributed by atoms with E-state index in [1.807, 2.05) is 58.3 Å². The number of fused-ring (bicyclic) bond motifs is 6. The van der Waals surface area contributed by atoms with E-state index >= 15 is 0 Å². The van der Waals surface area contributed by atoms with Crippen LogP contribution in [0.4, 0.5) is 0 Å². The summed E-state index contributed by atoms with van der Waals surface area (Å²) in [4.78, 5) is 30.6. The van der Waals surface area contributed by atoms with Crippen molar-refractivity contribution < 1.29 is 17.2 Å². The Morgan fingerprint density at radius 3 is 2.14 bits per heavy atom. The number of benzene rings is 3. The number of carbonyl (C=O) groups is 2. The minimum absolute atomic E-state index is 0. The Kier molecular flexibility index (Phi) is 4.40. The standard InChI is InChI=1S/C27H25N5O3.2H2/c1-35-25-10-17(8-15-4-2-3-5-18(15)25)27(34)32-13-21-19-11-31(12-20(19)22(21)14-32)26(33)16-6-7-23-24(9-16)29-30-28-23;;/h2-10,19-22H,11-14H2,1H3,(H,28,29,30);2*1H/t19-,20+,21?,22?;;. The van der Waals surface area contributed by atoms with Gasteiger partial charge in [0.15, 0.2) is 0 Å². The topological polar surface area (TPSA) is 91.4 Å². The molecule has 4 aromatic rings. The molecule has 3 aromatic carbocycles. The number of hydrogen-bond donors (Lipinski definition) is 1. The number of amides is 2. The van der Waals surface area contributed by atoms with Crippen LogP contribution in [-0.4, -0.2) is 70.3 Å². The Labute approximate surface area is 204 Å². The van der Waals surface area contributed by atoms with Gasteiger partial charge in [0.1, 0.15) is 16.8 Å². The Hall–Kier alpha value is -3.94. The van der Waals surface area contributed by atoms with Gasteiger partial charge >= 0.3 is 0 Å². The van der Waals surface area contributed by atoms with E-state index in [0.29, 0.717) is 40.3 Å². The first-order chi connectivity index (χ1) is 17.1. The highest BCUT2D eigenvalue weighted by molar-refractivity contribution is 6.01. The van der Waals surface area contributed by atoms with Crippen LogP contribution < -0.4 is 4.74 Å². The number of ether oxygens (including phenoxy) is 1. The average molecular weight is 472 g/mol. The number of nitrogens with zero attached hydrogens (tertiary/aromatic N) is 4. The molecule has 1 aliphatic carbocycles. The lowest BCUT2D eigenvalue weighted by molar-refractivity contribution is 0.0629. The molecule has 4 atom stereocenters. The Morgan fingerprint density at radius 2 is 1.46 bits per heavy atom. The number of likely N-dealkylation sites (tertiary alicyclic amines) is 2. The van der Waals surface area contributed by atoms with Gasteiger partial charge in [-0.25, -0.2) is 0 Å². The van der Waals surface area contributed by atoms with E-state index in [9.17, 15) is 9.59 Å². The number of carbonyl (C=O) groups excluding carboxylic acids is 2. The van der Waals surface area contributed by atoms with Crippen LogP contribution in [0.5, 0.6) is 5.75 Å². The zero-order valence-corrected chi connectivity index (χ0v) is 19.3. The van der Waals surface area contributed by atoms with Gasteiger partial charge in [0.05, 0.1) is 7.11 Å². The largest absolute Gasteiger partial charge is 0.496 e. The van der Waals surface area contributed by atoms with E-state index in [1.165, 1.54) is 0 Å². The summed E-state index contributed by atoms with van der Waals surface area (Å²) in [5.41, 5.74) is 2.78. The first-order valence-corrected chi connectivity index (χ1v) is 12.1. The van der Waals surface area contributed by atoms with E-state index < -0.39 is 0 Å². The number of aromatic amines is 1. The molecule has 35 heavy (non-hydrogen) atoms. The van der Waals surface area contributed by atoms with Gasteiger partial charge in [0.25, 0.3) is 11.8 Å². The van der Waals surface area contributed by atoms with E-state index in [2.05, 4.69) is 15.4 Å². The van der Waals surface area contributed by atoms with Crippen LogP contribution in [-0.2, 0) is 0 Å². The van der Waals surface area contributed by atoms with E-state index in [4.69, 9.17) is 4.74 Å². The molecule has 7 rings (SSSR count). The number of rotatable bonds is 3. The van der Waals surface area contributed by atoms with Crippen molar-refractivity contribution in [3.05, 3.63) is 65.7 Å². The van der Waals surface area contributed by atoms with Gasteiger partial charge < -0.3 is 14.5 Å². The SMILES string of the molecule is COc1cc(C(=O)N2CC3C(C2)[C@@H]2CN(C(=O)c4ccc5n[nH]nc5c4)C[C@H]32)cc2ccccc12.[HH].[HH]. The van der Waals surface area contributed by atoms with Gasteiger partial charge in [-0.05, 0) is 59.4 Å². The Bertz CT molecular complexity index is 1490. The molecular weight excluding hydrogens is 442 g/mol. The summed E-state index contributed by atoms with van der Waals surface area (Å²) < 4.78 is 5.57. The van der Waals surface area contributed by atoms with Crippen molar-refractivity contribution >= 4 is 33.6 Å². The lowest BCUT2D eigenvalue weighted by Gasteiger charge is -2.42. The summed E-state index contributed by atoms with van der Waals surface area (Å²) in [7, 11) is 1.64. The molecule has 0 radical (unpaired) electrons. The van der Waals surface area contributed by atoms with Crippen LogP contribution in [0.1, 0.15) is 23.6 Å². The minimum Gasteiger partial charge on any atom is -0.496 e. The molecule has 1 aromatic heterocycles. The summed E-state index contributed by atoms with van der Waals surface area (Å²) >= 11 is 0. The third-order valence-corrected chi connectivity index (χ3v) is 8.35. The van der Waals surface area contributed by atoms with Crippen LogP contribution in [0.15, 0.2) is 54.6 Å². The highest BCUT2D eigenvalue weighted by Gasteiger charge is 2.59. The molecule has 2 unspecified atom stereocenters. The zero-order chi connectivity index (χ0) is 23.7. The van der Waals surface area contributed by atoms with Crippen molar-refractivity contribution in [1.82, 2.24) is 25.2 Å². The van der Waals surface area contributed by atoms with E-state index in [0.717, 1.165) is 48.2 Å². The molecule has 2 aliphatic heterocycles. The molecule has 180 valence electrons. The molecular formula is C27H29N5O3. The predicted molar refractivity (Wildman–Crippen MR) is 134 cm³/mol. The summed E-state index contributed by atoms with van der Waals surface area (Å²) in [5.74, 6) is 2.69. The number of H-pyrrole nitrogens is 1. The third kappa shape index (κ3) is 3.05. The number of methoxy groups -OCH3 is 1. The van der Waals surface area contributed by atoms with Crippen molar-refractivity contribution in [3.8, 4) is 5.75 Å². The van der Waals surface area contributed by atoms with Crippen LogP contribution in [0.25, 0.3) is 21.8 Å². The summed E-state index contributed by atoms with van der Waals surface area (Å²) in [6.45, 7) is 3.03. The van der Waals surface area contributed by atoms with Crippen molar-refractivity contribution in [2.24, 2.45) is 23.7 Å². The first-order valence-electron chi connectivity index (χ1n) is 12.1. The van der Waals surface area contributed by atoms with E-state index in [1.54, 1.807) is 13.2 Å². The molecule has 1 N–H and O–H groups in total. The second kappa shape index (κ2) is 7.53. The fourth-order valence-electron chi connectivity index (χ4n) is 6.61. The number of hydrogen-bond acceptors (Lipinski definition) is 5. The summed E-state index contributed by atoms with van der Waals surface area (Å²) in [5, 5.41) is 12.8. The average Bonchev–Trinajstić information content (AvgIpc) is 3.61. The number of aromatic nitrogens is 3. The normalized spacial score (nSPS) is 24.9. The maximum absolute atomic E-state index is 13.4. The van der Waals surface area contributed by atoms with Crippen LogP contribution in [0.2, 0.25) is 0 Å². The third-order valence-electron chi connectivity index (χ3n) is 8.35. The molecule has 8 heteroatoms. The minimum atomic E-state index is 0. The molecule has 0 bridgehead atoms. The monoisotopic (exact) mass is 471 g/mol. The Morgan fingerprint density at radius 1 is 0.829 bits per heavy atom. The van der Waals surface area contributed by atoms with Gasteiger partial charge in [0, 0.05) is 45.5 Å². The van der Waals surface area contributed by atoms with Gasteiger partial charge in [-0.15, -0.1) is 0 Å². The van der Waals surface area contributed by atoms with Crippen LogP contribution in [0.3, 0.4) is 0 Å². The van der Waals surface area contributed by atoms with Gasteiger partial charge in [-0.2, -0.15) is 15.4 Å². The second-order valence-corrected chi connectivity index (χ2v) is 10.0. The lowest BCUT2D eigenvalue weighted by Crippen LogP contribution is -2.44.